The largest absolute Gasteiger partial charge is 0.371 e. The number of rotatable bonds is 4. The van der Waals surface area contributed by atoms with Gasteiger partial charge >= 0.3 is 6.03 Å². The lowest BCUT2D eigenvalue weighted by Gasteiger charge is -2.24. The minimum atomic E-state index is -0.204. The van der Waals surface area contributed by atoms with Crippen LogP contribution in [-0.2, 0) is 9.47 Å². The van der Waals surface area contributed by atoms with E-state index in [-0.39, 0.29) is 36.4 Å². The number of ether oxygens (including phenoxy) is 2. The Morgan fingerprint density at radius 2 is 1.79 bits per heavy atom. The average Bonchev–Trinajstić information content (AvgIpc) is 3.47. The molecule has 1 aromatic heterocycles. The van der Waals surface area contributed by atoms with Crippen LogP contribution in [0.4, 0.5) is 4.79 Å². The number of tetrazole rings is 1. The van der Waals surface area contributed by atoms with Crippen molar-refractivity contribution in [2.75, 3.05) is 13.2 Å². The predicted molar refractivity (Wildman–Crippen MR) is 104 cm³/mol. The molecular weight excluding hydrogens is 372 g/mol. The number of urea groups is 1. The van der Waals surface area contributed by atoms with Gasteiger partial charge in [-0.25, -0.2) is 9.48 Å². The molecule has 29 heavy (non-hydrogen) atoms. The number of amides is 2. The number of benzene rings is 1. The van der Waals surface area contributed by atoms with Gasteiger partial charge in [0.2, 0.25) is 0 Å². The van der Waals surface area contributed by atoms with Crippen molar-refractivity contribution in [3.05, 3.63) is 30.3 Å². The Hall–Kier alpha value is -2.52. The van der Waals surface area contributed by atoms with Crippen LogP contribution in [0.5, 0.6) is 0 Å². The number of aromatic nitrogens is 4. The average molecular weight is 398 g/mol. The molecule has 2 saturated heterocycles. The fourth-order valence-electron chi connectivity index (χ4n) is 4.65. The first-order chi connectivity index (χ1) is 14.3. The summed E-state index contributed by atoms with van der Waals surface area (Å²) in [6.07, 6.45) is 5.34. The molecule has 0 spiro atoms. The summed E-state index contributed by atoms with van der Waals surface area (Å²) in [5, 5.41) is 18.4. The molecule has 0 radical (unpaired) electrons. The maximum atomic E-state index is 12.4. The molecule has 2 amide bonds. The van der Waals surface area contributed by atoms with E-state index in [1.807, 2.05) is 30.3 Å². The lowest BCUT2D eigenvalue weighted by atomic mass is 9.96. The number of hydrogen-bond acceptors (Lipinski definition) is 6. The lowest BCUT2D eigenvalue weighted by molar-refractivity contribution is 0.0624. The molecule has 0 unspecified atom stereocenters. The van der Waals surface area contributed by atoms with Crippen molar-refractivity contribution in [1.29, 1.82) is 0 Å². The van der Waals surface area contributed by atoms with Crippen LogP contribution >= 0.6 is 0 Å². The van der Waals surface area contributed by atoms with Gasteiger partial charge in [0.1, 0.15) is 18.2 Å². The number of fused-ring (bicyclic) bond motifs is 1. The van der Waals surface area contributed by atoms with Crippen LogP contribution in [0.25, 0.3) is 11.4 Å². The number of carbonyl (C=O) groups is 1. The molecule has 1 aliphatic carbocycles. The van der Waals surface area contributed by atoms with E-state index in [1.165, 1.54) is 19.3 Å². The predicted octanol–water partition coefficient (Wildman–Crippen LogP) is 1.68. The topological polar surface area (TPSA) is 103 Å². The Labute approximate surface area is 169 Å². The summed E-state index contributed by atoms with van der Waals surface area (Å²) < 4.78 is 13.8. The minimum Gasteiger partial charge on any atom is -0.371 e. The quantitative estimate of drug-likeness (QED) is 0.812. The Kier molecular flexibility index (Phi) is 5.15. The summed E-state index contributed by atoms with van der Waals surface area (Å²) in [6, 6.07) is 9.66. The second kappa shape index (κ2) is 8.08. The highest BCUT2D eigenvalue weighted by atomic mass is 16.6. The molecule has 0 bridgehead atoms. The lowest BCUT2D eigenvalue weighted by Crippen LogP contribution is -2.50. The maximum Gasteiger partial charge on any atom is 0.315 e. The van der Waals surface area contributed by atoms with E-state index in [4.69, 9.17) is 9.47 Å². The normalized spacial score (nSPS) is 29.5. The van der Waals surface area contributed by atoms with Gasteiger partial charge in [-0.05, 0) is 23.3 Å². The van der Waals surface area contributed by atoms with E-state index >= 15 is 0 Å². The molecule has 3 heterocycles. The molecule has 9 heteroatoms. The molecule has 154 valence electrons. The monoisotopic (exact) mass is 398 g/mol. The smallest absolute Gasteiger partial charge is 0.315 e. The fraction of sp³-hybridized carbons (Fsp3) is 0.600. The Morgan fingerprint density at radius 3 is 2.62 bits per heavy atom. The van der Waals surface area contributed by atoms with E-state index in [1.54, 1.807) is 4.68 Å². The number of hydrogen-bond donors (Lipinski definition) is 2. The van der Waals surface area contributed by atoms with Crippen LogP contribution in [0.3, 0.4) is 0 Å². The van der Waals surface area contributed by atoms with Gasteiger partial charge in [0, 0.05) is 11.6 Å². The van der Waals surface area contributed by atoms with Crippen LogP contribution in [0.1, 0.15) is 38.1 Å². The number of carbonyl (C=O) groups excluding carboxylic acids is 1. The van der Waals surface area contributed by atoms with E-state index in [2.05, 4.69) is 26.2 Å². The third kappa shape index (κ3) is 3.72. The number of nitrogens with one attached hydrogen (secondary N) is 2. The van der Waals surface area contributed by atoms with Crippen molar-refractivity contribution in [3.63, 3.8) is 0 Å². The van der Waals surface area contributed by atoms with Crippen molar-refractivity contribution < 1.29 is 14.3 Å². The van der Waals surface area contributed by atoms with Crippen LogP contribution in [-0.4, -0.2) is 63.7 Å². The molecule has 3 aliphatic rings. The molecule has 9 nitrogen and oxygen atoms in total. The molecule has 1 saturated carbocycles. The molecule has 2 N–H and O–H groups in total. The zero-order chi connectivity index (χ0) is 19.6. The van der Waals surface area contributed by atoms with Gasteiger partial charge in [-0.1, -0.05) is 49.6 Å². The third-order valence-electron chi connectivity index (χ3n) is 6.12. The van der Waals surface area contributed by atoms with Gasteiger partial charge in [0.15, 0.2) is 5.82 Å². The summed E-state index contributed by atoms with van der Waals surface area (Å²) in [6.45, 7) is 0.870. The van der Waals surface area contributed by atoms with E-state index < -0.39 is 0 Å². The highest BCUT2D eigenvalue weighted by Crippen LogP contribution is 2.35. The zero-order valence-corrected chi connectivity index (χ0v) is 16.2. The van der Waals surface area contributed by atoms with Gasteiger partial charge < -0.3 is 20.1 Å². The molecule has 2 aliphatic heterocycles. The maximum absolute atomic E-state index is 12.4. The number of nitrogens with zero attached hydrogens (tertiary/aromatic N) is 4. The second-order valence-corrected chi connectivity index (χ2v) is 8.04. The van der Waals surface area contributed by atoms with Crippen molar-refractivity contribution in [2.45, 2.75) is 62.4 Å². The fourth-order valence-corrected chi connectivity index (χ4v) is 4.65. The highest BCUT2D eigenvalue weighted by molar-refractivity contribution is 5.74. The SMILES string of the molecule is O=C(NC1CCCCC1)N[C@H]1CO[C@H]2[C@@H]1OC[C@@H]2n1nnnc1-c1ccccc1. The summed E-state index contributed by atoms with van der Waals surface area (Å²) in [7, 11) is 0. The van der Waals surface area contributed by atoms with Crippen molar-refractivity contribution >= 4 is 6.03 Å². The van der Waals surface area contributed by atoms with Gasteiger partial charge in [0.05, 0.1) is 19.3 Å². The van der Waals surface area contributed by atoms with Crippen LogP contribution in [0, 0.1) is 0 Å². The van der Waals surface area contributed by atoms with Gasteiger partial charge in [-0.3, -0.25) is 0 Å². The van der Waals surface area contributed by atoms with Gasteiger partial charge in [-0.15, -0.1) is 5.10 Å². The molecule has 3 fully saturated rings. The van der Waals surface area contributed by atoms with Crippen LogP contribution in [0.15, 0.2) is 30.3 Å². The van der Waals surface area contributed by atoms with Gasteiger partial charge in [0.25, 0.3) is 0 Å². The summed E-state index contributed by atoms with van der Waals surface area (Å²) in [5.74, 6) is 0.690. The van der Waals surface area contributed by atoms with Crippen LogP contribution < -0.4 is 10.6 Å². The minimum absolute atomic E-state index is 0.126. The highest BCUT2D eigenvalue weighted by Gasteiger charge is 2.50. The Balaban J connectivity index is 1.24. The van der Waals surface area contributed by atoms with E-state index in [0.717, 1.165) is 18.4 Å². The standard InChI is InChI=1S/C20H26N6O3/c27-20(21-14-9-5-2-6-10-14)22-15-11-28-18-16(12-29-17(15)18)26-19(23-24-25-26)13-7-3-1-4-8-13/h1,3-4,7-8,14-18H,2,5-6,9-12H2,(H2,21,22,27)/t15-,16-,17+,18+/m0/s1. The van der Waals surface area contributed by atoms with E-state index in [0.29, 0.717) is 19.0 Å². The van der Waals surface area contributed by atoms with Crippen molar-refractivity contribution in [1.82, 2.24) is 30.8 Å². The Morgan fingerprint density at radius 1 is 1.00 bits per heavy atom. The summed E-state index contributed by atoms with van der Waals surface area (Å²) in [5.41, 5.74) is 0.945. The second-order valence-electron chi connectivity index (χ2n) is 8.04. The van der Waals surface area contributed by atoms with Crippen molar-refractivity contribution in [3.8, 4) is 11.4 Å². The molecule has 2 aromatic rings. The first-order valence-electron chi connectivity index (χ1n) is 10.4. The molecular formula is C20H26N6O3. The molecule has 4 atom stereocenters. The van der Waals surface area contributed by atoms with Crippen molar-refractivity contribution in [2.24, 2.45) is 0 Å². The van der Waals surface area contributed by atoms with Gasteiger partial charge in [-0.2, -0.15) is 0 Å². The first-order valence-corrected chi connectivity index (χ1v) is 10.4. The van der Waals surface area contributed by atoms with E-state index in [9.17, 15) is 4.79 Å². The Bertz CT molecular complexity index is 838. The summed E-state index contributed by atoms with van der Waals surface area (Å²) in [4.78, 5) is 12.4. The third-order valence-corrected chi connectivity index (χ3v) is 6.12. The first kappa shape index (κ1) is 18.5. The zero-order valence-electron chi connectivity index (χ0n) is 16.2. The molecule has 1 aromatic carbocycles. The summed E-state index contributed by atoms with van der Waals surface area (Å²) >= 11 is 0. The molecule has 5 rings (SSSR count). The van der Waals surface area contributed by atoms with Crippen LogP contribution in [0.2, 0.25) is 0 Å².